The van der Waals surface area contributed by atoms with Crippen LogP contribution in [0.25, 0.3) is 0 Å². The largest absolute Gasteiger partial charge is 0.495 e. The van der Waals surface area contributed by atoms with E-state index < -0.39 is 40.2 Å². The van der Waals surface area contributed by atoms with Crippen molar-refractivity contribution in [1.29, 1.82) is 0 Å². The van der Waals surface area contributed by atoms with E-state index in [1.165, 1.54) is 49.4 Å². The first-order chi connectivity index (χ1) is 20.6. The van der Waals surface area contributed by atoms with Gasteiger partial charge in [0.25, 0.3) is 10.0 Å². The van der Waals surface area contributed by atoms with Crippen molar-refractivity contribution in [2.75, 3.05) is 25.0 Å². The molecule has 224 valence electrons. The number of nitrogens with one attached hydrogen (secondary N) is 1. The Balaban J connectivity index is 1.82. The number of rotatable bonds is 12. The summed E-state index contributed by atoms with van der Waals surface area (Å²) in [4.78, 5) is 28.8. The zero-order chi connectivity index (χ0) is 31.0. The fraction of sp³-hybridized carbons (Fsp3) is 0.212. The van der Waals surface area contributed by atoms with Gasteiger partial charge in [-0.15, -0.1) is 0 Å². The monoisotopic (exact) mass is 603 g/mol. The minimum Gasteiger partial charge on any atom is -0.495 e. The van der Waals surface area contributed by atoms with Gasteiger partial charge in [0.15, 0.2) is 0 Å². The summed E-state index contributed by atoms with van der Waals surface area (Å²) < 4.78 is 49.5. The second kappa shape index (κ2) is 14.0. The maximum atomic E-state index is 14.9. The number of benzene rings is 4. The number of sulfonamides is 1. The van der Waals surface area contributed by atoms with E-state index in [4.69, 9.17) is 4.74 Å². The van der Waals surface area contributed by atoms with Crippen LogP contribution in [0.4, 0.5) is 10.1 Å². The second-order valence-corrected chi connectivity index (χ2v) is 11.8. The fourth-order valence-electron chi connectivity index (χ4n) is 4.72. The molecule has 0 bridgehead atoms. The number of ether oxygens (including phenoxy) is 1. The zero-order valence-corrected chi connectivity index (χ0v) is 25.1. The average Bonchev–Trinajstić information content (AvgIpc) is 3.02. The summed E-state index contributed by atoms with van der Waals surface area (Å²) in [5.74, 6) is -1.49. The van der Waals surface area contributed by atoms with Gasteiger partial charge in [0.05, 0.1) is 17.7 Å². The van der Waals surface area contributed by atoms with Crippen molar-refractivity contribution in [3.8, 4) is 5.75 Å². The molecule has 0 spiro atoms. The molecule has 0 radical (unpaired) electrons. The molecule has 4 aromatic rings. The molecule has 43 heavy (non-hydrogen) atoms. The smallest absolute Gasteiger partial charge is 0.264 e. The molecule has 1 unspecified atom stereocenters. The maximum absolute atomic E-state index is 14.9. The number of methoxy groups -OCH3 is 1. The highest BCUT2D eigenvalue weighted by Gasteiger charge is 2.35. The van der Waals surface area contributed by atoms with Crippen molar-refractivity contribution in [3.05, 3.63) is 126 Å². The molecule has 2 amide bonds. The van der Waals surface area contributed by atoms with Crippen LogP contribution >= 0.6 is 0 Å². The number of carbonyl (C=O) groups excluding carboxylic acids is 2. The third-order valence-electron chi connectivity index (χ3n) is 7.06. The number of likely N-dealkylation sites (N-methyl/N-ethyl adjacent to an activating group) is 1. The first kappa shape index (κ1) is 31.2. The molecule has 0 fully saturated rings. The van der Waals surface area contributed by atoms with Crippen molar-refractivity contribution >= 4 is 27.5 Å². The highest BCUT2D eigenvalue weighted by molar-refractivity contribution is 7.92. The normalized spacial score (nSPS) is 11.8. The Morgan fingerprint density at radius 3 is 2.16 bits per heavy atom. The lowest BCUT2D eigenvalue weighted by atomic mass is 10.0. The fourth-order valence-corrected chi connectivity index (χ4v) is 6.14. The van der Waals surface area contributed by atoms with Gasteiger partial charge < -0.3 is 15.0 Å². The molecule has 0 heterocycles. The van der Waals surface area contributed by atoms with Gasteiger partial charge in [0, 0.05) is 25.6 Å². The van der Waals surface area contributed by atoms with Crippen molar-refractivity contribution in [2.24, 2.45) is 0 Å². The molecule has 1 atom stereocenters. The quantitative estimate of drug-likeness (QED) is 0.253. The van der Waals surface area contributed by atoms with Gasteiger partial charge in [-0.05, 0) is 42.8 Å². The van der Waals surface area contributed by atoms with E-state index in [1.807, 2.05) is 37.3 Å². The number of nitrogens with zero attached hydrogens (tertiary/aromatic N) is 2. The summed E-state index contributed by atoms with van der Waals surface area (Å²) in [6, 6.07) is 26.7. The average molecular weight is 604 g/mol. The molecule has 8 nitrogen and oxygen atoms in total. The standard InChI is InChI=1S/C33H34FN3O5S/c1-24-17-19-27(20-18-24)43(40,41)37(29-15-9-10-16-31(29)42-3)23-32(38)36(22-26-13-7-8-14-28(26)34)30(33(39)35-2)21-25-11-5-4-6-12-25/h4-20,30H,21-23H2,1-3H3,(H,35,39). The van der Waals surface area contributed by atoms with Crippen LogP contribution in [0.2, 0.25) is 0 Å². The van der Waals surface area contributed by atoms with Gasteiger partial charge in [-0.3, -0.25) is 13.9 Å². The maximum Gasteiger partial charge on any atom is 0.264 e. The first-order valence-electron chi connectivity index (χ1n) is 13.7. The molecular formula is C33H34FN3O5S. The summed E-state index contributed by atoms with van der Waals surface area (Å²) in [6.07, 6.45) is 0.125. The van der Waals surface area contributed by atoms with Crippen molar-refractivity contribution in [2.45, 2.75) is 30.8 Å². The molecule has 0 aliphatic rings. The Hall–Kier alpha value is -4.70. The van der Waals surface area contributed by atoms with Crippen LogP contribution < -0.4 is 14.4 Å². The Kier molecular flexibility index (Phi) is 10.2. The highest BCUT2D eigenvalue weighted by Crippen LogP contribution is 2.33. The lowest BCUT2D eigenvalue weighted by molar-refractivity contribution is -0.139. The van der Waals surface area contributed by atoms with E-state index in [1.54, 1.807) is 42.5 Å². The third kappa shape index (κ3) is 7.39. The van der Waals surface area contributed by atoms with E-state index >= 15 is 0 Å². The molecule has 0 aliphatic carbocycles. The number of aryl methyl sites for hydroxylation is 1. The van der Waals surface area contributed by atoms with Gasteiger partial charge >= 0.3 is 0 Å². The molecule has 1 N–H and O–H groups in total. The first-order valence-corrected chi connectivity index (χ1v) is 15.1. The topological polar surface area (TPSA) is 96.0 Å². The van der Waals surface area contributed by atoms with E-state index in [0.29, 0.717) is 0 Å². The van der Waals surface area contributed by atoms with Gasteiger partial charge in [-0.25, -0.2) is 12.8 Å². The Morgan fingerprint density at radius 1 is 0.884 bits per heavy atom. The van der Waals surface area contributed by atoms with Crippen molar-refractivity contribution in [1.82, 2.24) is 10.2 Å². The molecule has 10 heteroatoms. The van der Waals surface area contributed by atoms with Gasteiger partial charge in [0.2, 0.25) is 11.8 Å². The molecular weight excluding hydrogens is 569 g/mol. The molecule has 0 aromatic heterocycles. The molecule has 0 aliphatic heterocycles. The summed E-state index contributed by atoms with van der Waals surface area (Å²) in [7, 11) is -1.43. The number of hydrogen-bond donors (Lipinski definition) is 1. The molecule has 4 aromatic carbocycles. The Morgan fingerprint density at radius 2 is 1.51 bits per heavy atom. The van der Waals surface area contributed by atoms with Crippen LogP contribution in [-0.2, 0) is 32.6 Å². The summed E-state index contributed by atoms with van der Waals surface area (Å²) in [5.41, 5.74) is 1.97. The van der Waals surface area contributed by atoms with Crippen LogP contribution in [0.15, 0.2) is 108 Å². The van der Waals surface area contributed by atoms with E-state index in [-0.39, 0.29) is 34.9 Å². The van der Waals surface area contributed by atoms with Crippen molar-refractivity contribution in [3.63, 3.8) is 0 Å². The lowest BCUT2D eigenvalue weighted by Gasteiger charge is -2.34. The lowest BCUT2D eigenvalue weighted by Crippen LogP contribution is -2.53. The van der Waals surface area contributed by atoms with Crippen LogP contribution in [0.1, 0.15) is 16.7 Å². The Bertz CT molecular complexity index is 1660. The van der Waals surface area contributed by atoms with Gasteiger partial charge in [-0.1, -0.05) is 78.4 Å². The number of hydrogen-bond acceptors (Lipinski definition) is 5. The minimum absolute atomic E-state index is 0.0235. The number of halogens is 1. The van der Waals surface area contributed by atoms with Crippen LogP contribution in [0, 0.1) is 12.7 Å². The summed E-state index contributed by atoms with van der Waals surface area (Å²) in [5, 5.41) is 2.61. The van der Waals surface area contributed by atoms with E-state index in [0.717, 1.165) is 15.4 Å². The molecule has 0 saturated carbocycles. The van der Waals surface area contributed by atoms with E-state index in [2.05, 4.69) is 5.32 Å². The predicted molar refractivity (Wildman–Crippen MR) is 164 cm³/mol. The number of anilines is 1. The van der Waals surface area contributed by atoms with Crippen LogP contribution in [-0.4, -0.2) is 51.9 Å². The SMILES string of the molecule is CNC(=O)C(Cc1ccccc1)N(Cc1ccccc1F)C(=O)CN(c1ccccc1OC)S(=O)(=O)c1ccc(C)cc1. The van der Waals surface area contributed by atoms with Gasteiger partial charge in [0.1, 0.15) is 24.2 Å². The molecule has 4 rings (SSSR count). The van der Waals surface area contributed by atoms with E-state index in [9.17, 15) is 22.4 Å². The van der Waals surface area contributed by atoms with Crippen LogP contribution in [0.5, 0.6) is 5.75 Å². The Labute approximate surface area is 251 Å². The summed E-state index contributed by atoms with van der Waals surface area (Å²) >= 11 is 0. The zero-order valence-electron chi connectivity index (χ0n) is 24.2. The van der Waals surface area contributed by atoms with Gasteiger partial charge in [-0.2, -0.15) is 0 Å². The second-order valence-electron chi connectivity index (χ2n) is 9.93. The minimum atomic E-state index is -4.29. The highest BCUT2D eigenvalue weighted by atomic mass is 32.2. The predicted octanol–water partition coefficient (Wildman–Crippen LogP) is 4.72. The van der Waals surface area contributed by atoms with Crippen molar-refractivity contribution < 1.29 is 27.1 Å². The molecule has 0 saturated heterocycles. The number of carbonyl (C=O) groups is 2. The third-order valence-corrected chi connectivity index (χ3v) is 8.83. The van der Waals surface area contributed by atoms with Crippen LogP contribution in [0.3, 0.4) is 0 Å². The number of para-hydroxylation sites is 2. The summed E-state index contributed by atoms with van der Waals surface area (Å²) in [6.45, 7) is 0.901. The number of amides is 2.